The molecular weight excluding hydrogens is 260 g/mol. The Labute approximate surface area is 114 Å². The van der Waals surface area contributed by atoms with Crippen molar-refractivity contribution < 1.29 is 14.9 Å². The van der Waals surface area contributed by atoms with Crippen LogP contribution in [0.3, 0.4) is 0 Å². The summed E-state index contributed by atoms with van der Waals surface area (Å²) in [5, 5.41) is 20.0. The third-order valence-electron chi connectivity index (χ3n) is 2.79. The predicted molar refractivity (Wildman–Crippen MR) is 75.9 cm³/mol. The number of hydrogen-bond acceptors (Lipinski definition) is 4. The highest BCUT2D eigenvalue weighted by atomic mass is 32.1. The van der Waals surface area contributed by atoms with Crippen molar-refractivity contribution in [2.45, 2.75) is 6.61 Å². The van der Waals surface area contributed by atoms with E-state index in [1.54, 1.807) is 41.7 Å². The zero-order chi connectivity index (χ0) is 13.2. The Balaban J connectivity index is 1.80. The van der Waals surface area contributed by atoms with Crippen molar-refractivity contribution >= 4 is 21.4 Å². The minimum atomic E-state index is 0.140. The van der Waals surface area contributed by atoms with Crippen molar-refractivity contribution in [1.82, 2.24) is 0 Å². The molecule has 1 heterocycles. The van der Waals surface area contributed by atoms with Crippen LogP contribution in [0, 0.1) is 0 Å². The first-order valence-electron chi connectivity index (χ1n) is 5.84. The average molecular weight is 272 g/mol. The van der Waals surface area contributed by atoms with Crippen LogP contribution in [0.25, 0.3) is 10.1 Å². The van der Waals surface area contributed by atoms with Gasteiger partial charge in [-0.2, -0.15) is 0 Å². The lowest BCUT2D eigenvalue weighted by Gasteiger charge is -2.05. The number of phenolic OH excluding ortho intramolecular Hbond substituents is 2. The summed E-state index contributed by atoms with van der Waals surface area (Å²) in [5.74, 6) is 0.877. The minimum Gasteiger partial charge on any atom is -0.508 e. The number of rotatable bonds is 3. The van der Waals surface area contributed by atoms with Crippen molar-refractivity contribution in [1.29, 1.82) is 0 Å². The van der Waals surface area contributed by atoms with E-state index in [1.165, 1.54) is 0 Å². The number of phenols is 2. The van der Waals surface area contributed by atoms with Crippen LogP contribution in [0.2, 0.25) is 0 Å². The summed E-state index contributed by atoms with van der Waals surface area (Å²) >= 11 is 1.61. The fourth-order valence-corrected chi connectivity index (χ4v) is 2.84. The first-order valence-corrected chi connectivity index (χ1v) is 6.66. The second-order valence-corrected chi connectivity index (χ2v) is 5.36. The minimum absolute atomic E-state index is 0.140. The molecule has 0 bridgehead atoms. The lowest BCUT2D eigenvalue weighted by molar-refractivity contribution is 0.292. The monoisotopic (exact) mass is 272 g/mol. The molecule has 2 aromatic carbocycles. The molecule has 0 amide bonds. The molecule has 3 aromatic rings. The molecule has 3 nitrogen and oxygen atoms in total. The van der Waals surface area contributed by atoms with Gasteiger partial charge >= 0.3 is 0 Å². The Morgan fingerprint density at radius 1 is 1.00 bits per heavy atom. The number of fused-ring (bicyclic) bond motifs is 1. The fourth-order valence-electron chi connectivity index (χ4n) is 1.88. The highest BCUT2D eigenvalue weighted by molar-refractivity contribution is 7.19. The number of benzene rings is 2. The maximum atomic E-state index is 9.61. The summed E-state index contributed by atoms with van der Waals surface area (Å²) in [7, 11) is 0. The number of hydrogen-bond donors (Lipinski definition) is 2. The van der Waals surface area contributed by atoms with Gasteiger partial charge in [0.1, 0.15) is 12.4 Å². The molecule has 0 spiro atoms. The van der Waals surface area contributed by atoms with Crippen LogP contribution in [0.4, 0.5) is 0 Å². The van der Waals surface area contributed by atoms with Crippen LogP contribution < -0.4 is 4.74 Å². The standard InChI is InChI=1S/C15H12O3S/c16-11-5-6-15-10(7-11)8-12(19-15)9-18-14-4-2-1-3-13(14)17/h1-8,16-17H,9H2. The molecule has 0 aliphatic rings. The van der Waals surface area contributed by atoms with Gasteiger partial charge in [-0.15, -0.1) is 11.3 Å². The summed E-state index contributed by atoms with van der Waals surface area (Å²) in [6.45, 7) is 0.400. The first kappa shape index (κ1) is 11.9. The normalized spacial score (nSPS) is 10.7. The molecule has 19 heavy (non-hydrogen) atoms. The number of thiophene rings is 1. The summed E-state index contributed by atoms with van der Waals surface area (Å²) in [5.41, 5.74) is 0. The Kier molecular flexibility index (Phi) is 3.01. The van der Waals surface area contributed by atoms with Crippen molar-refractivity contribution in [3.63, 3.8) is 0 Å². The summed E-state index contributed by atoms with van der Waals surface area (Å²) in [6, 6.07) is 14.2. The molecule has 96 valence electrons. The third kappa shape index (κ3) is 2.48. The van der Waals surface area contributed by atoms with Gasteiger partial charge in [0.25, 0.3) is 0 Å². The number of ether oxygens (including phenoxy) is 1. The number of aromatic hydroxyl groups is 2. The van der Waals surface area contributed by atoms with Crippen molar-refractivity contribution in [3.8, 4) is 17.2 Å². The van der Waals surface area contributed by atoms with Gasteiger partial charge in [0.2, 0.25) is 0 Å². The van der Waals surface area contributed by atoms with Crippen molar-refractivity contribution in [3.05, 3.63) is 53.4 Å². The van der Waals surface area contributed by atoms with Gasteiger partial charge in [-0.25, -0.2) is 0 Å². The van der Waals surface area contributed by atoms with Gasteiger partial charge in [0.05, 0.1) is 0 Å². The summed E-state index contributed by atoms with van der Waals surface area (Å²) in [6.07, 6.45) is 0. The average Bonchev–Trinajstić information content (AvgIpc) is 2.79. The molecule has 0 saturated heterocycles. The molecule has 4 heteroatoms. The molecule has 3 rings (SSSR count). The van der Waals surface area contributed by atoms with Gasteiger partial charge in [0, 0.05) is 9.58 Å². The molecule has 0 atom stereocenters. The van der Waals surface area contributed by atoms with E-state index in [1.807, 2.05) is 18.2 Å². The molecule has 0 unspecified atom stereocenters. The zero-order valence-electron chi connectivity index (χ0n) is 10.0. The highest BCUT2D eigenvalue weighted by Gasteiger charge is 2.05. The van der Waals surface area contributed by atoms with E-state index in [2.05, 4.69) is 0 Å². The smallest absolute Gasteiger partial charge is 0.161 e. The molecule has 0 aliphatic heterocycles. The number of para-hydroxylation sites is 2. The predicted octanol–water partition coefficient (Wildman–Crippen LogP) is 3.89. The fraction of sp³-hybridized carbons (Fsp3) is 0.0667. The van der Waals surface area contributed by atoms with E-state index < -0.39 is 0 Å². The second-order valence-electron chi connectivity index (χ2n) is 4.19. The van der Waals surface area contributed by atoms with E-state index in [0.29, 0.717) is 12.4 Å². The van der Waals surface area contributed by atoms with E-state index in [0.717, 1.165) is 15.0 Å². The molecule has 2 N–H and O–H groups in total. The van der Waals surface area contributed by atoms with Crippen LogP contribution in [0.5, 0.6) is 17.2 Å². The van der Waals surface area contributed by atoms with E-state index in [9.17, 15) is 10.2 Å². The maximum absolute atomic E-state index is 9.61. The summed E-state index contributed by atoms with van der Waals surface area (Å²) < 4.78 is 6.69. The lowest BCUT2D eigenvalue weighted by Crippen LogP contribution is -1.92. The first-order chi connectivity index (χ1) is 9.22. The highest BCUT2D eigenvalue weighted by Crippen LogP contribution is 2.30. The largest absolute Gasteiger partial charge is 0.508 e. The Hall–Kier alpha value is -2.20. The Morgan fingerprint density at radius 3 is 2.68 bits per heavy atom. The molecular formula is C15H12O3S. The van der Waals surface area contributed by atoms with Gasteiger partial charge < -0.3 is 14.9 Å². The van der Waals surface area contributed by atoms with Crippen LogP contribution in [-0.4, -0.2) is 10.2 Å². The summed E-state index contributed by atoms with van der Waals surface area (Å²) in [4.78, 5) is 1.05. The third-order valence-corrected chi connectivity index (χ3v) is 3.88. The second kappa shape index (κ2) is 4.82. The van der Waals surface area contributed by atoms with Crippen LogP contribution in [-0.2, 0) is 6.61 Å². The maximum Gasteiger partial charge on any atom is 0.161 e. The van der Waals surface area contributed by atoms with E-state index >= 15 is 0 Å². The Bertz CT molecular complexity index is 718. The Morgan fingerprint density at radius 2 is 1.84 bits per heavy atom. The van der Waals surface area contributed by atoms with Crippen LogP contribution in [0.15, 0.2) is 48.5 Å². The van der Waals surface area contributed by atoms with Crippen molar-refractivity contribution in [2.75, 3.05) is 0 Å². The van der Waals surface area contributed by atoms with E-state index in [-0.39, 0.29) is 11.5 Å². The zero-order valence-corrected chi connectivity index (χ0v) is 10.9. The van der Waals surface area contributed by atoms with Gasteiger partial charge in [-0.1, -0.05) is 12.1 Å². The van der Waals surface area contributed by atoms with Gasteiger partial charge in [-0.05, 0) is 41.8 Å². The topological polar surface area (TPSA) is 49.7 Å². The van der Waals surface area contributed by atoms with Crippen molar-refractivity contribution in [2.24, 2.45) is 0 Å². The quantitative estimate of drug-likeness (QED) is 0.760. The molecule has 0 aliphatic carbocycles. The molecule has 1 aromatic heterocycles. The molecule has 0 saturated carbocycles. The van der Waals surface area contributed by atoms with E-state index in [4.69, 9.17) is 4.74 Å². The van der Waals surface area contributed by atoms with Gasteiger partial charge in [-0.3, -0.25) is 0 Å². The lowest BCUT2D eigenvalue weighted by atomic mass is 10.2. The SMILES string of the molecule is Oc1ccc2sc(COc3ccccc3O)cc2c1. The van der Waals surface area contributed by atoms with Crippen LogP contribution in [0.1, 0.15) is 4.88 Å². The molecule has 0 fully saturated rings. The molecule has 0 radical (unpaired) electrons. The van der Waals surface area contributed by atoms with Crippen LogP contribution >= 0.6 is 11.3 Å². The van der Waals surface area contributed by atoms with Gasteiger partial charge in [0.15, 0.2) is 11.5 Å².